The van der Waals surface area contributed by atoms with Gasteiger partial charge in [-0.3, -0.25) is 4.79 Å². The van der Waals surface area contributed by atoms with Crippen LogP contribution in [-0.2, 0) is 0 Å². The number of hydrogen-bond acceptors (Lipinski definition) is 4. The number of nitrogens with one attached hydrogen (secondary N) is 1. The van der Waals surface area contributed by atoms with E-state index < -0.39 is 0 Å². The molecule has 3 rings (SSSR count). The van der Waals surface area contributed by atoms with E-state index in [1.54, 1.807) is 24.7 Å². The van der Waals surface area contributed by atoms with Crippen LogP contribution in [-0.4, -0.2) is 26.0 Å². The molecule has 1 aromatic carbocycles. The Bertz CT molecular complexity index is 739. The predicted molar refractivity (Wildman–Crippen MR) is 80.0 cm³/mol. The van der Waals surface area contributed by atoms with Crippen molar-refractivity contribution in [2.75, 3.05) is 0 Å². The SMILES string of the molecule is C[C@@H](Sc1ncccn1)C(=O)c1c[nH]c2ccccc12. The van der Waals surface area contributed by atoms with Crippen molar-refractivity contribution in [3.05, 3.63) is 54.5 Å². The first kappa shape index (κ1) is 12.9. The number of thioether (sulfide) groups is 1. The average molecular weight is 283 g/mol. The number of rotatable bonds is 4. The molecule has 100 valence electrons. The highest BCUT2D eigenvalue weighted by Crippen LogP contribution is 2.25. The van der Waals surface area contributed by atoms with Crippen LogP contribution in [0, 0.1) is 0 Å². The molecule has 2 aromatic heterocycles. The number of benzene rings is 1. The van der Waals surface area contributed by atoms with E-state index in [0.29, 0.717) is 5.16 Å². The molecule has 4 nitrogen and oxygen atoms in total. The van der Waals surface area contributed by atoms with Gasteiger partial charge in [0, 0.05) is 35.1 Å². The van der Waals surface area contributed by atoms with Gasteiger partial charge in [-0.25, -0.2) is 9.97 Å². The smallest absolute Gasteiger partial charge is 0.188 e. The molecule has 0 aliphatic rings. The fraction of sp³-hybridized carbons (Fsp3) is 0.133. The molecule has 0 unspecified atom stereocenters. The quantitative estimate of drug-likeness (QED) is 0.453. The maximum absolute atomic E-state index is 12.5. The van der Waals surface area contributed by atoms with Gasteiger partial charge in [0.1, 0.15) is 0 Å². The van der Waals surface area contributed by atoms with Crippen LogP contribution >= 0.6 is 11.8 Å². The van der Waals surface area contributed by atoms with Crippen LogP contribution in [0.2, 0.25) is 0 Å². The minimum atomic E-state index is -0.225. The van der Waals surface area contributed by atoms with Crippen molar-refractivity contribution in [2.24, 2.45) is 0 Å². The standard InChI is InChI=1S/C15H13N3OS/c1-10(20-15-16-7-4-8-17-15)14(19)12-9-18-13-6-3-2-5-11(12)13/h2-10,18H,1H3/t10-/m1/s1. The van der Waals surface area contributed by atoms with Crippen molar-refractivity contribution in [1.82, 2.24) is 15.0 Å². The van der Waals surface area contributed by atoms with Crippen LogP contribution in [0.1, 0.15) is 17.3 Å². The van der Waals surface area contributed by atoms with Crippen LogP contribution in [0.3, 0.4) is 0 Å². The minimum absolute atomic E-state index is 0.0832. The van der Waals surface area contributed by atoms with Crippen LogP contribution < -0.4 is 0 Å². The highest BCUT2D eigenvalue weighted by Gasteiger charge is 2.20. The predicted octanol–water partition coefficient (Wildman–Crippen LogP) is 3.32. The van der Waals surface area contributed by atoms with E-state index >= 15 is 0 Å². The lowest BCUT2D eigenvalue weighted by atomic mass is 10.1. The molecule has 0 aliphatic heterocycles. The van der Waals surface area contributed by atoms with Crippen molar-refractivity contribution in [1.29, 1.82) is 0 Å². The Balaban J connectivity index is 1.85. The van der Waals surface area contributed by atoms with Gasteiger partial charge in [0.25, 0.3) is 0 Å². The summed E-state index contributed by atoms with van der Waals surface area (Å²) in [4.78, 5) is 23.9. The molecule has 0 bridgehead atoms. The number of para-hydroxylation sites is 1. The summed E-state index contributed by atoms with van der Waals surface area (Å²) in [6.07, 6.45) is 5.13. The lowest BCUT2D eigenvalue weighted by Gasteiger charge is -2.07. The summed E-state index contributed by atoms with van der Waals surface area (Å²) >= 11 is 1.37. The van der Waals surface area contributed by atoms with E-state index in [9.17, 15) is 4.79 Å². The fourth-order valence-electron chi connectivity index (χ4n) is 2.05. The second-order valence-corrected chi connectivity index (χ2v) is 5.71. The van der Waals surface area contributed by atoms with E-state index in [0.717, 1.165) is 16.5 Å². The highest BCUT2D eigenvalue weighted by atomic mass is 32.2. The van der Waals surface area contributed by atoms with Crippen molar-refractivity contribution in [3.63, 3.8) is 0 Å². The summed E-state index contributed by atoms with van der Waals surface area (Å²) in [6.45, 7) is 1.88. The van der Waals surface area contributed by atoms with Crippen LogP contribution in [0.5, 0.6) is 0 Å². The van der Waals surface area contributed by atoms with Gasteiger partial charge in [-0.1, -0.05) is 30.0 Å². The molecule has 0 spiro atoms. The molecule has 1 N–H and O–H groups in total. The van der Waals surface area contributed by atoms with E-state index in [1.807, 2.05) is 31.2 Å². The molecule has 0 saturated carbocycles. The summed E-state index contributed by atoms with van der Waals surface area (Å²) in [5, 5.41) is 1.35. The summed E-state index contributed by atoms with van der Waals surface area (Å²) in [6, 6.07) is 9.56. The van der Waals surface area contributed by atoms with Crippen LogP contribution in [0.25, 0.3) is 10.9 Å². The van der Waals surface area contributed by atoms with Gasteiger partial charge in [0.05, 0.1) is 5.25 Å². The zero-order chi connectivity index (χ0) is 13.9. The van der Waals surface area contributed by atoms with Crippen molar-refractivity contribution in [2.45, 2.75) is 17.3 Å². The Morgan fingerprint density at radius 2 is 1.95 bits per heavy atom. The third kappa shape index (κ3) is 2.44. The number of nitrogens with zero attached hydrogens (tertiary/aromatic N) is 2. The first-order chi connectivity index (χ1) is 9.75. The van der Waals surface area contributed by atoms with Gasteiger partial charge < -0.3 is 4.98 Å². The second kappa shape index (κ2) is 5.46. The molecule has 5 heteroatoms. The Labute approximate surface area is 120 Å². The summed E-state index contributed by atoms with van der Waals surface area (Å²) in [5.41, 5.74) is 1.69. The lowest BCUT2D eigenvalue weighted by molar-refractivity contribution is 0.0995. The van der Waals surface area contributed by atoms with Crippen molar-refractivity contribution < 1.29 is 4.79 Å². The fourth-order valence-corrected chi connectivity index (χ4v) is 2.85. The molecule has 0 radical (unpaired) electrons. The number of aromatic nitrogens is 3. The summed E-state index contributed by atoms with van der Waals surface area (Å²) in [7, 11) is 0. The van der Waals surface area contributed by atoms with Gasteiger partial charge >= 0.3 is 0 Å². The largest absolute Gasteiger partial charge is 0.360 e. The number of H-pyrrole nitrogens is 1. The zero-order valence-corrected chi connectivity index (χ0v) is 11.7. The topological polar surface area (TPSA) is 58.6 Å². The first-order valence-corrected chi connectivity index (χ1v) is 7.17. The average Bonchev–Trinajstić information content (AvgIpc) is 2.91. The number of ketones is 1. The number of carbonyl (C=O) groups is 1. The number of carbonyl (C=O) groups excluding carboxylic acids is 1. The first-order valence-electron chi connectivity index (χ1n) is 6.29. The van der Waals surface area contributed by atoms with E-state index in [1.165, 1.54) is 11.8 Å². The third-order valence-corrected chi connectivity index (χ3v) is 4.04. The Morgan fingerprint density at radius 1 is 1.20 bits per heavy atom. The van der Waals surface area contributed by atoms with E-state index in [4.69, 9.17) is 0 Å². The molecule has 3 aromatic rings. The Kier molecular flexibility index (Phi) is 3.52. The molecule has 0 saturated heterocycles. The molecule has 0 fully saturated rings. The number of hydrogen-bond donors (Lipinski definition) is 1. The van der Waals surface area contributed by atoms with Crippen molar-refractivity contribution >= 4 is 28.4 Å². The zero-order valence-electron chi connectivity index (χ0n) is 10.9. The number of Topliss-reactive ketones (excluding diaryl/α,β-unsaturated/α-hetero) is 1. The second-order valence-electron chi connectivity index (χ2n) is 4.40. The van der Waals surface area contributed by atoms with Crippen LogP contribution in [0.15, 0.2) is 54.1 Å². The molecule has 1 atom stereocenters. The molecule has 20 heavy (non-hydrogen) atoms. The number of fused-ring (bicyclic) bond motifs is 1. The van der Waals surface area contributed by atoms with Gasteiger partial charge in [0.15, 0.2) is 10.9 Å². The number of aromatic amines is 1. The normalized spacial score (nSPS) is 12.4. The molecule has 0 aliphatic carbocycles. The van der Waals surface area contributed by atoms with E-state index in [-0.39, 0.29) is 11.0 Å². The highest BCUT2D eigenvalue weighted by molar-refractivity contribution is 8.00. The van der Waals surface area contributed by atoms with Gasteiger partial charge in [-0.15, -0.1) is 0 Å². The molecular formula is C15H13N3OS. The third-order valence-electron chi connectivity index (χ3n) is 3.05. The maximum atomic E-state index is 12.5. The van der Waals surface area contributed by atoms with E-state index in [2.05, 4.69) is 15.0 Å². The maximum Gasteiger partial charge on any atom is 0.188 e. The van der Waals surface area contributed by atoms with Gasteiger partial charge in [-0.2, -0.15) is 0 Å². The molecule has 2 heterocycles. The minimum Gasteiger partial charge on any atom is -0.360 e. The van der Waals surface area contributed by atoms with Crippen LogP contribution in [0.4, 0.5) is 0 Å². The van der Waals surface area contributed by atoms with Gasteiger partial charge in [0.2, 0.25) is 0 Å². The Hall–Kier alpha value is -2.14. The van der Waals surface area contributed by atoms with Crippen molar-refractivity contribution in [3.8, 4) is 0 Å². The summed E-state index contributed by atoms with van der Waals surface area (Å²) < 4.78 is 0. The monoisotopic (exact) mass is 283 g/mol. The molecular weight excluding hydrogens is 270 g/mol. The summed E-state index contributed by atoms with van der Waals surface area (Å²) in [5.74, 6) is 0.0832. The Morgan fingerprint density at radius 3 is 2.75 bits per heavy atom. The molecule has 0 amide bonds. The lowest BCUT2D eigenvalue weighted by Crippen LogP contribution is -2.13. The van der Waals surface area contributed by atoms with Gasteiger partial charge in [-0.05, 0) is 19.1 Å².